The molecule has 0 spiro atoms. The molecule has 88 valence electrons. The molecule has 0 amide bonds. The minimum absolute atomic E-state index is 0.189. The fourth-order valence-corrected chi connectivity index (χ4v) is 1.98. The van der Waals surface area contributed by atoms with E-state index in [1.165, 1.54) is 12.3 Å². The van der Waals surface area contributed by atoms with E-state index in [2.05, 4.69) is 36.8 Å². The molecule has 17 heavy (non-hydrogen) atoms. The molecule has 0 atom stereocenters. The van der Waals surface area contributed by atoms with E-state index in [9.17, 15) is 4.39 Å². The number of halogens is 3. The Morgan fingerprint density at radius 2 is 2.06 bits per heavy atom. The summed E-state index contributed by atoms with van der Waals surface area (Å²) < 4.78 is 19.8. The van der Waals surface area contributed by atoms with E-state index >= 15 is 0 Å². The van der Waals surface area contributed by atoms with Crippen molar-refractivity contribution < 1.29 is 9.13 Å². The summed E-state index contributed by atoms with van der Waals surface area (Å²) in [5, 5.41) is 0.614. The molecule has 1 aromatic carbocycles. The number of rotatable bonds is 3. The maximum atomic E-state index is 13.6. The summed E-state index contributed by atoms with van der Waals surface area (Å²) in [5.74, 6) is 0.293. The minimum Gasteiger partial charge on any atom is -0.453 e. The number of hydrogen-bond acceptors (Lipinski definition) is 2. The lowest BCUT2D eigenvalue weighted by Gasteiger charge is -2.07. The van der Waals surface area contributed by atoms with E-state index < -0.39 is 0 Å². The molecular weight excluding hydrogens is 353 g/mol. The van der Waals surface area contributed by atoms with Crippen LogP contribution in [0.1, 0.15) is 5.56 Å². The SMILES string of the molecule is Fc1cc(CBr)ccc1Oc1cncc(Br)c1. The van der Waals surface area contributed by atoms with Gasteiger partial charge in [0.2, 0.25) is 0 Å². The Morgan fingerprint density at radius 3 is 2.71 bits per heavy atom. The molecule has 1 heterocycles. The van der Waals surface area contributed by atoms with Crippen LogP contribution in [-0.2, 0) is 5.33 Å². The number of pyridine rings is 1. The Kier molecular flexibility index (Phi) is 4.12. The van der Waals surface area contributed by atoms with Crippen LogP contribution in [0.4, 0.5) is 4.39 Å². The lowest BCUT2D eigenvalue weighted by molar-refractivity contribution is 0.440. The molecule has 2 nitrogen and oxygen atoms in total. The normalized spacial score (nSPS) is 10.3. The summed E-state index contributed by atoms with van der Waals surface area (Å²) in [6.45, 7) is 0. The van der Waals surface area contributed by atoms with Crippen molar-refractivity contribution in [2.24, 2.45) is 0 Å². The summed E-state index contributed by atoms with van der Waals surface area (Å²) in [5.41, 5.74) is 0.863. The molecule has 0 unspecified atom stereocenters. The molecule has 0 saturated carbocycles. The van der Waals surface area contributed by atoms with Gasteiger partial charge in [0.15, 0.2) is 11.6 Å². The smallest absolute Gasteiger partial charge is 0.166 e. The van der Waals surface area contributed by atoms with Crippen molar-refractivity contribution >= 4 is 31.9 Å². The van der Waals surface area contributed by atoms with Crippen molar-refractivity contribution in [1.82, 2.24) is 4.98 Å². The number of alkyl halides is 1. The minimum atomic E-state index is -0.387. The first kappa shape index (κ1) is 12.5. The summed E-state index contributed by atoms with van der Waals surface area (Å²) >= 11 is 6.54. The highest BCUT2D eigenvalue weighted by Gasteiger charge is 2.06. The molecule has 0 fully saturated rings. The quantitative estimate of drug-likeness (QED) is 0.742. The van der Waals surface area contributed by atoms with Crippen molar-refractivity contribution in [3.63, 3.8) is 0 Å². The van der Waals surface area contributed by atoms with Gasteiger partial charge in [-0.3, -0.25) is 4.98 Å². The highest BCUT2D eigenvalue weighted by Crippen LogP contribution is 2.26. The third kappa shape index (κ3) is 3.26. The Bertz CT molecular complexity index is 534. The number of aromatic nitrogens is 1. The predicted octanol–water partition coefficient (Wildman–Crippen LogP) is 4.67. The zero-order valence-corrected chi connectivity index (χ0v) is 11.8. The van der Waals surface area contributed by atoms with Gasteiger partial charge in [-0.2, -0.15) is 0 Å². The van der Waals surface area contributed by atoms with Gasteiger partial charge in [-0.15, -0.1) is 0 Å². The van der Waals surface area contributed by atoms with Crippen LogP contribution in [0.25, 0.3) is 0 Å². The molecule has 1 aromatic heterocycles. The van der Waals surface area contributed by atoms with Gasteiger partial charge in [0.25, 0.3) is 0 Å². The van der Waals surface area contributed by atoms with Gasteiger partial charge in [0.05, 0.1) is 6.20 Å². The Morgan fingerprint density at radius 1 is 1.24 bits per heavy atom. The molecule has 5 heteroatoms. The number of hydrogen-bond donors (Lipinski definition) is 0. The average molecular weight is 361 g/mol. The van der Waals surface area contributed by atoms with E-state index in [0.717, 1.165) is 10.0 Å². The zero-order valence-electron chi connectivity index (χ0n) is 8.66. The third-order valence-electron chi connectivity index (χ3n) is 2.06. The topological polar surface area (TPSA) is 22.1 Å². The maximum Gasteiger partial charge on any atom is 0.166 e. The third-order valence-corrected chi connectivity index (χ3v) is 3.14. The Hall–Kier alpha value is -0.940. The van der Waals surface area contributed by atoms with Gasteiger partial charge in [-0.25, -0.2) is 4.39 Å². The van der Waals surface area contributed by atoms with Crippen LogP contribution in [0, 0.1) is 5.82 Å². The van der Waals surface area contributed by atoms with E-state index in [1.807, 2.05) is 0 Å². The largest absolute Gasteiger partial charge is 0.453 e. The fraction of sp³-hybridized carbons (Fsp3) is 0.0833. The molecule has 0 aliphatic heterocycles. The summed E-state index contributed by atoms with van der Waals surface area (Å²) in [6.07, 6.45) is 3.17. The maximum absolute atomic E-state index is 13.6. The monoisotopic (exact) mass is 359 g/mol. The first-order valence-electron chi connectivity index (χ1n) is 4.82. The Balaban J connectivity index is 2.24. The molecule has 0 aliphatic carbocycles. The van der Waals surface area contributed by atoms with E-state index in [0.29, 0.717) is 11.1 Å². The van der Waals surface area contributed by atoms with E-state index in [4.69, 9.17) is 4.74 Å². The summed E-state index contributed by atoms with van der Waals surface area (Å²) in [4.78, 5) is 3.94. The Labute approximate surface area is 115 Å². The summed E-state index contributed by atoms with van der Waals surface area (Å²) in [6, 6.07) is 6.58. The second-order valence-electron chi connectivity index (χ2n) is 3.34. The lowest BCUT2D eigenvalue weighted by Crippen LogP contribution is -1.90. The number of ether oxygens (including phenoxy) is 1. The van der Waals surface area contributed by atoms with Crippen molar-refractivity contribution in [2.75, 3.05) is 0 Å². The number of nitrogens with zero attached hydrogens (tertiary/aromatic N) is 1. The van der Waals surface area contributed by atoms with Crippen molar-refractivity contribution in [3.8, 4) is 11.5 Å². The van der Waals surface area contributed by atoms with Crippen molar-refractivity contribution in [2.45, 2.75) is 5.33 Å². The van der Waals surface area contributed by atoms with Crippen LogP contribution < -0.4 is 4.74 Å². The average Bonchev–Trinajstić information content (AvgIpc) is 2.32. The molecule has 0 bridgehead atoms. The zero-order chi connectivity index (χ0) is 12.3. The fourth-order valence-electron chi connectivity index (χ4n) is 1.29. The molecule has 0 saturated heterocycles. The van der Waals surface area contributed by atoms with E-state index in [1.54, 1.807) is 24.4 Å². The first-order chi connectivity index (χ1) is 8.19. The first-order valence-corrected chi connectivity index (χ1v) is 6.73. The van der Waals surface area contributed by atoms with Crippen LogP contribution in [0.15, 0.2) is 41.1 Å². The molecule has 2 aromatic rings. The van der Waals surface area contributed by atoms with Crippen LogP contribution in [0.2, 0.25) is 0 Å². The van der Waals surface area contributed by atoms with Crippen LogP contribution in [0.5, 0.6) is 11.5 Å². The van der Waals surface area contributed by atoms with Gasteiger partial charge >= 0.3 is 0 Å². The van der Waals surface area contributed by atoms with Gasteiger partial charge in [0, 0.05) is 16.0 Å². The molecule has 0 N–H and O–H groups in total. The van der Waals surface area contributed by atoms with Crippen molar-refractivity contribution in [1.29, 1.82) is 0 Å². The van der Waals surface area contributed by atoms with Crippen LogP contribution >= 0.6 is 31.9 Å². The lowest BCUT2D eigenvalue weighted by atomic mass is 10.2. The highest BCUT2D eigenvalue weighted by molar-refractivity contribution is 9.10. The standard InChI is InChI=1S/C12H8Br2FNO/c13-5-8-1-2-12(11(15)3-8)17-10-4-9(14)6-16-7-10/h1-4,6-7H,5H2. The predicted molar refractivity (Wildman–Crippen MR) is 71.0 cm³/mol. The second-order valence-corrected chi connectivity index (χ2v) is 4.82. The van der Waals surface area contributed by atoms with Gasteiger partial charge in [0.1, 0.15) is 5.75 Å². The molecule has 0 radical (unpaired) electrons. The number of benzene rings is 1. The van der Waals surface area contributed by atoms with Gasteiger partial charge < -0.3 is 4.74 Å². The van der Waals surface area contributed by atoms with Crippen LogP contribution in [-0.4, -0.2) is 4.98 Å². The molecule has 0 aliphatic rings. The van der Waals surface area contributed by atoms with Crippen molar-refractivity contribution in [3.05, 3.63) is 52.5 Å². The van der Waals surface area contributed by atoms with Gasteiger partial charge in [-0.05, 0) is 39.7 Å². The summed E-state index contributed by atoms with van der Waals surface area (Å²) in [7, 11) is 0. The molecular formula is C12H8Br2FNO. The van der Waals surface area contributed by atoms with Gasteiger partial charge in [-0.1, -0.05) is 22.0 Å². The van der Waals surface area contributed by atoms with Crippen LogP contribution in [0.3, 0.4) is 0 Å². The second kappa shape index (κ2) is 5.60. The van der Waals surface area contributed by atoms with E-state index in [-0.39, 0.29) is 11.6 Å². The highest BCUT2D eigenvalue weighted by atomic mass is 79.9. The molecule has 2 rings (SSSR count).